The second-order valence-corrected chi connectivity index (χ2v) is 35.9. The van der Waals surface area contributed by atoms with Crippen LogP contribution in [-0.2, 0) is 65.4 Å². The van der Waals surface area contributed by atoms with E-state index in [-0.39, 0.29) is 25.7 Å². The van der Waals surface area contributed by atoms with Gasteiger partial charge in [0.15, 0.2) is 12.2 Å². The number of carbonyl (C=O) groups is 4. The smallest absolute Gasteiger partial charge is 0.462 e. The summed E-state index contributed by atoms with van der Waals surface area (Å²) in [5.74, 6) is 0.417. The van der Waals surface area contributed by atoms with E-state index in [0.29, 0.717) is 25.7 Å². The van der Waals surface area contributed by atoms with E-state index in [4.69, 9.17) is 37.0 Å². The molecule has 0 radical (unpaired) electrons. The molecular formula is C89H174O17P2. The minimum absolute atomic E-state index is 0.108. The van der Waals surface area contributed by atoms with Gasteiger partial charge in [-0.3, -0.25) is 37.3 Å². The molecule has 0 aromatic rings. The lowest BCUT2D eigenvalue weighted by Gasteiger charge is -2.21. The summed E-state index contributed by atoms with van der Waals surface area (Å²) in [5, 5.41) is 10.7. The lowest BCUT2D eigenvalue weighted by molar-refractivity contribution is -0.161. The number of hydrogen-bond acceptors (Lipinski definition) is 15. The molecule has 108 heavy (non-hydrogen) atoms. The fourth-order valence-electron chi connectivity index (χ4n) is 13.8. The number of carbonyl (C=O) groups excluding carboxylic acids is 4. The van der Waals surface area contributed by atoms with Gasteiger partial charge in [0.05, 0.1) is 26.4 Å². The summed E-state index contributed by atoms with van der Waals surface area (Å²) in [4.78, 5) is 73.3. The predicted octanol–water partition coefficient (Wildman–Crippen LogP) is 27.3. The lowest BCUT2D eigenvalue weighted by atomic mass is 9.99. The van der Waals surface area contributed by atoms with Crippen LogP contribution in [0.2, 0.25) is 0 Å². The maximum Gasteiger partial charge on any atom is 0.472 e. The average Bonchev–Trinajstić information content (AvgIpc) is 0.903. The average molecular weight is 1580 g/mol. The Balaban J connectivity index is 5.24. The molecule has 0 saturated heterocycles. The first kappa shape index (κ1) is 106. The van der Waals surface area contributed by atoms with Crippen molar-refractivity contribution in [1.82, 2.24) is 0 Å². The second-order valence-electron chi connectivity index (χ2n) is 32.9. The molecule has 0 saturated carbocycles. The van der Waals surface area contributed by atoms with E-state index in [9.17, 15) is 43.2 Å². The van der Waals surface area contributed by atoms with Crippen molar-refractivity contribution in [2.45, 2.75) is 491 Å². The van der Waals surface area contributed by atoms with Crippen LogP contribution in [0.3, 0.4) is 0 Å². The Morgan fingerprint density at radius 2 is 0.472 bits per heavy atom. The highest BCUT2D eigenvalue weighted by Crippen LogP contribution is 2.45. The Morgan fingerprint density at radius 1 is 0.269 bits per heavy atom. The number of phosphoric ester groups is 2. The van der Waals surface area contributed by atoms with Crippen molar-refractivity contribution in [3.8, 4) is 0 Å². The molecule has 4 unspecified atom stereocenters. The van der Waals surface area contributed by atoms with E-state index in [0.717, 1.165) is 108 Å². The fraction of sp³-hybridized carbons (Fsp3) is 0.955. The molecule has 0 aliphatic carbocycles. The van der Waals surface area contributed by atoms with Crippen molar-refractivity contribution in [3.05, 3.63) is 0 Å². The zero-order valence-electron chi connectivity index (χ0n) is 71.3. The van der Waals surface area contributed by atoms with E-state index in [2.05, 4.69) is 48.5 Å². The quantitative estimate of drug-likeness (QED) is 0.0222. The number of esters is 4. The molecule has 7 atom stereocenters. The Bertz CT molecular complexity index is 2080. The van der Waals surface area contributed by atoms with Crippen LogP contribution in [0.1, 0.15) is 472 Å². The van der Waals surface area contributed by atoms with Crippen LogP contribution in [0, 0.1) is 17.8 Å². The molecule has 0 aromatic carbocycles. The molecule has 3 N–H and O–H groups in total. The van der Waals surface area contributed by atoms with Gasteiger partial charge in [0, 0.05) is 25.7 Å². The van der Waals surface area contributed by atoms with Crippen LogP contribution >= 0.6 is 15.6 Å². The number of rotatable bonds is 87. The molecule has 0 spiro atoms. The highest BCUT2D eigenvalue weighted by atomic mass is 31.2. The van der Waals surface area contributed by atoms with Crippen LogP contribution in [0.15, 0.2) is 0 Å². The molecule has 0 aliphatic rings. The second kappa shape index (κ2) is 78.9. The summed E-state index contributed by atoms with van der Waals surface area (Å²) in [6, 6.07) is 0. The number of aliphatic hydroxyl groups excluding tert-OH is 1. The van der Waals surface area contributed by atoms with Crippen molar-refractivity contribution < 1.29 is 80.2 Å². The Labute approximate surface area is 664 Å². The summed E-state index contributed by atoms with van der Waals surface area (Å²) in [7, 11) is -9.93. The van der Waals surface area contributed by atoms with Crippen LogP contribution in [0.25, 0.3) is 0 Å². The van der Waals surface area contributed by atoms with Crippen LogP contribution in [0.5, 0.6) is 0 Å². The van der Waals surface area contributed by atoms with Gasteiger partial charge < -0.3 is 33.8 Å². The van der Waals surface area contributed by atoms with Gasteiger partial charge in [-0.1, -0.05) is 421 Å². The van der Waals surface area contributed by atoms with E-state index >= 15 is 0 Å². The van der Waals surface area contributed by atoms with Gasteiger partial charge in [-0.15, -0.1) is 0 Å². The first-order chi connectivity index (χ1) is 52.3. The molecule has 0 bridgehead atoms. The number of phosphoric acid groups is 2. The summed E-state index contributed by atoms with van der Waals surface area (Å²) in [6.45, 7) is 12.1. The van der Waals surface area contributed by atoms with Crippen molar-refractivity contribution in [3.63, 3.8) is 0 Å². The zero-order valence-corrected chi connectivity index (χ0v) is 73.1. The zero-order chi connectivity index (χ0) is 79.3. The van der Waals surface area contributed by atoms with Crippen molar-refractivity contribution >= 4 is 39.5 Å². The molecule has 0 heterocycles. The Morgan fingerprint density at radius 3 is 0.704 bits per heavy atom. The van der Waals surface area contributed by atoms with Gasteiger partial charge in [-0.05, 0) is 43.4 Å². The van der Waals surface area contributed by atoms with Gasteiger partial charge in [0.1, 0.15) is 19.3 Å². The third-order valence-corrected chi connectivity index (χ3v) is 23.5. The Hall–Kier alpha value is -1.94. The van der Waals surface area contributed by atoms with Crippen LogP contribution in [-0.4, -0.2) is 96.7 Å². The molecular weight excluding hydrogens is 1400 g/mol. The van der Waals surface area contributed by atoms with E-state index < -0.39 is 97.5 Å². The molecule has 19 heteroatoms. The topological polar surface area (TPSA) is 237 Å². The number of ether oxygens (including phenoxy) is 4. The molecule has 0 rings (SSSR count). The van der Waals surface area contributed by atoms with Gasteiger partial charge in [-0.25, -0.2) is 9.13 Å². The third-order valence-electron chi connectivity index (χ3n) is 21.6. The van der Waals surface area contributed by atoms with Crippen LogP contribution in [0.4, 0.5) is 0 Å². The van der Waals surface area contributed by atoms with Gasteiger partial charge in [-0.2, -0.15) is 0 Å². The summed E-state index contributed by atoms with van der Waals surface area (Å²) in [6.07, 6.45) is 70.6. The molecule has 642 valence electrons. The van der Waals surface area contributed by atoms with Gasteiger partial charge in [0.2, 0.25) is 0 Å². The molecule has 0 aromatic heterocycles. The van der Waals surface area contributed by atoms with Crippen LogP contribution < -0.4 is 0 Å². The van der Waals surface area contributed by atoms with Crippen molar-refractivity contribution in [1.29, 1.82) is 0 Å². The number of hydrogen-bond donors (Lipinski definition) is 3. The minimum atomic E-state index is -4.97. The van der Waals surface area contributed by atoms with Gasteiger partial charge in [0.25, 0.3) is 0 Å². The minimum Gasteiger partial charge on any atom is -0.462 e. The largest absolute Gasteiger partial charge is 0.472 e. The van der Waals surface area contributed by atoms with E-state index in [1.807, 2.05) is 0 Å². The monoisotopic (exact) mass is 1580 g/mol. The van der Waals surface area contributed by atoms with E-state index in [1.165, 1.54) is 283 Å². The SMILES string of the molecule is CCCCCCCCCCCCCC(=O)OC[C@H](COP(=O)(O)OC[C@H](O)COP(=O)(O)OC[C@@H](COC(=O)CCCCCCCCCCCCCCCCC(C)CC)OC(=O)CCCCCCCCCCCCCCCCCCCCC(C)CC)OC(=O)CCCCCCCCCCCCCCCCC(C)C. The summed E-state index contributed by atoms with van der Waals surface area (Å²) >= 11 is 0. The number of aliphatic hydroxyl groups is 1. The maximum absolute atomic E-state index is 13.2. The summed E-state index contributed by atoms with van der Waals surface area (Å²) in [5.41, 5.74) is 0. The highest BCUT2D eigenvalue weighted by Gasteiger charge is 2.31. The maximum atomic E-state index is 13.2. The summed E-state index contributed by atoms with van der Waals surface area (Å²) < 4.78 is 69.0. The molecule has 0 amide bonds. The fourth-order valence-corrected chi connectivity index (χ4v) is 15.4. The molecule has 0 aliphatic heterocycles. The number of unbranched alkanes of at least 4 members (excludes halogenated alkanes) is 53. The molecule has 0 fully saturated rings. The van der Waals surface area contributed by atoms with Gasteiger partial charge >= 0.3 is 39.5 Å². The lowest BCUT2D eigenvalue weighted by Crippen LogP contribution is -2.30. The predicted molar refractivity (Wildman–Crippen MR) is 446 cm³/mol. The normalized spacial score (nSPS) is 14.3. The highest BCUT2D eigenvalue weighted by molar-refractivity contribution is 7.47. The third kappa shape index (κ3) is 79.3. The Kier molecular flexibility index (Phi) is 77.5. The van der Waals surface area contributed by atoms with E-state index in [1.54, 1.807) is 0 Å². The first-order valence-electron chi connectivity index (χ1n) is 45.9. The van der Waals surface area contributed by atoms with Crippen molar-refractivity contribution in [2.24, 2.45) is 17.8 Å². The molecule has 17 nitrogen and oxygen atoms in total. The first-order valence-corrected chi connectivity index (χ1v) is 48.9. The standard InChI is InChI=1S/C89H174O17P2/c1-8-11-12-13-14-15-32-42-49-56-63-70-86(91)99-76-84(105-89(94)73-66-59-52-45-38-31-24-22-26-33-39-46-53-60-67-80(4)5)78-103-107(95,96)101-74-83(90)75-102-108(97,98)104-79-85(77-100-87(92)71-64-57-50-43-36-29-25-23-28-35-41-48-55-62-69-82(7)10-3)106-88(93)72-65-58-51-44-37-30-21-19-17-16-18-20-27-34-40-47-54-61-68-81(6)9-2/h80-85,90H,8-79H2,1-7H3,(H,95,96)(H,97,98)/t81?,82?,83-,84+,85+/m0/s1. The van der Waals surface area contributed by atoms with Crippen molar-refractivity contribution in [2.75, 3.05) is 39.6 Å².